The van der Waals surface area contributed by atoms with Crippen molar-refractivity contribution in [2.45, 2.75) is 19.3 Å². The second kappa shape index (κ2) is 4.72. The van der Waals surface area contributed by atoms with Gasteiger partial charge in [-0.25, -0.2) is 9.18 Å². The van der Waals surface area contributed by atoms with Crippen molar-refractivity contribution in [3.8, 4) is 0 Å². The van der Waals surface area contributed by atoms with E-state index in [1.54, 1.807) is 0 Å². The zero-order valence-corrected chi connectivity index (χ0v) is 9.08. The predicted molar refractivity (Wildman–Crippen MR) is 49.1 cm³/mol. The molecule has 0 N–H and O–H groups in total. The molecule has 0 spiro atoms. The van der Waals surface area contributed by atoms with Gasteiger partial charge in [0.05, 0.1) is 6.61 Å². The van der Waals surface area contributed by atoms with Crippen LogP contribution in [0.1, 0.15) is 29.1 Å². The third kappa shape index (κ3) is 2.95. The Morgan fingerprint density at radius 1 is 1.59 bits per heavy atom. The van der Waals surface area contributed by atoms with Crippen molar-refractivity contribution < 1.29 is 27.1 Å². The molecule has 4 nitrogen and oxygen atoms in total. The molecule has 96 valence electrons. The first kappa shape index (κ1) is 13.5. The number of carbonyl (C=O) groups excluding carboxylic acids is 1. The Labute approximate surface area is 94.2 Å². The highest BCUT2D eigenvalue weighted by Gasteiger charge is 2.45. The van der Waals surface area contributed by atoms with Gasteiger partial charge in [-0.3, -0.25) is 4.68 Å². The normalized spacial score (nSPS) is 13.5. The predicted octanol–water partition coefficient (Wildman–Crippen LogP) is 2.17. The molecule has 1 atom stereocenters. The number of ether oxygens (including phenoxy) is 1. The molecular weight excluding hydrogens is 244 g/mol. The standard InChI is InChI=1S/C9H10F4N2O2/c1-3-17-8(16)5-4-15(2)14-6(5)7(10)9(11,12)13/h4,7H,3H2,1-2H3. The minimum Gasteiger partial charge on any atom is -0.462 e. The van der Waals surface area contributed by atoms with Crippen LogP contribution in [0.25, 0.3) is 0 Å². The van der Waals surface area contributed by atoms with Crippen LogP contribution in [0.3, 0.4) is 0 Å². The number of alkyl halides is 4. The van der Waals surface area contributed by atoms with Gasteiger partial charge in [0.1, 0.15) is 11.3 Å². The minimum absolute atomic E-state index is 0.0177. The zero-order chi connectivity index (χ0) is 13.2. The molecular formula is C9H10F4N2O2. The van der Waals surface area contributed by atoms with Gasteiger partial charge in [-0.1, -0.05) is 0 Å². The summed E-state index contributed by atoms with van der Waals surface area (Å²) in [6, 6.07) is 0. The number of aromatic nitrogens is 2. The van der Waals surface area contributed by atoms with E-state index < -0.39 is 29.6 Å². The second-order valence-corrected chi connectivity index (χ2v) is 3.23. The van der Waals surface area contributed by atoms with Crippen LogP contribution in [0.5, 0.6) is 0 Å². The molecule has 0 aromatic carbocycles. The van der Waals surface area contributed by atoms with Gasteiger partial charge in [0.15, 0.2) is 0 Å². The Bertz CT molecular complexity index is 414. The largest absolute Gasteiger partial charge is 0.462 e. The van der Waals surface area contributed by atoms with Crippen LogP contribution in [0.15, 0.2) is 6.20 Å². The molecule has 8 heteroatoms. The van der Waals surface area contributed by atoms with Crippen molar-refractivity contribution in [2.75, 3.05) is 6.61 Å². The Morgan fingerprint density at radius 3 is 2.65 bits per heavy atom. The van der Waals surface area contributed by atoms with Gasteiger partial charge in [-0.15, -0.1) is 0 Å². The molecule has 0 aliphatic rings. The van der Waals surface area contributed by atoms with E-state index in [9.17, 15) is 22.4 Å². The third-order valence-electron chi connectivity index (χ3n) is 1.88. The monoisotopic (exact) mass is 254 g/mol. The van der Waals surface area contributed by atoms with Crippen molar-refractivity contribution in [1.29, 1.82) is 0 Å². The Hall–Kier alpha value is -1.60. The molecule has 0 amide bonds. The number of halogens is 4. The first-order valence-electron chi connectivity index (χ1n) is 4.68. The summed E-state index contributed by atoms with van der Waals surface area (Å²) in [5, 5.41) is 3.30. The van der Waals surface area contributed by atoms with Crippen molar-refractivity contribution in [3.63, 3.8) is 0 Å². The van der Waals surface area contributed by atoms with Crippen LogP contribution in [-0.4, -0.2) is 28.5 Å². The van der Waals surface area contributed by atoms with E-state index >= 15 is 0 Å². The summed E-state index contributed by atoms with van der Waals surface area (Å²) in [6.07, 6.45) is -7.41. The fraction of sp³-hybridized carbons (Fsp3) is 0.556. The van der Waals surface area contributed by atoms with Gasteiger partial charge in [-0.05, 0) is 6.92 Å². The van der Waals surface area contributed by atoms with Gasteiger partial charge in [0, 0.05) is 13.2 Å². The fourth-order valence-corrected chi connectivity index (χ4v) is 1.21. The number of nitrogens with zero attached hydrogens (tertiary/aromatic N) is 2. The maximum absolute atomic E-state index is 13.1. The molecule has 17 heavy (non-hydrogen) atoms. The molecule has 0 radical (unpaired) electrons. The summed E-state index contributed by atoms with van der Waals surface area (Å²) in [7, 11) is 1.29. The van der Waals surface area contributed by atoms with Crippen molar-refractivity contribution >= 4 is 5.97 Å². The quantitative estimate of drug-likeness (QED) is 0.613. The van der Waals surface area contributed by atoms with Gasteiger partial charge in [0.25, 0.3) is 0 Å². The van der Waals surface area contributed by atoms with E-state index in [0.717, 1.165) is 10.9 Å². The summed E-state index contributed by atoms with van der Waals surface area (Å²) in [6.45, 7) is 1.47. The lowest BCUT2D eigenvalue weighted by Crippen LogP contribution is -2.20. The van der Waals surface area contributed by atoms with E-state index in [2.05, 4.69) is 9.84 Å². The lowest BCUT2D eigenvalue weighted by molar-refractivity contribution is -0.184. The number of hydrogen-bond donors (Lipinski definition) is 0. The van der Waals surface area contributed by atoms with Crippen LogP contribution in [0, 0.1) is 0 Å². The van der Waals surface area contributed by atoms with E-state index in [-0.39, 0.29) is 6.61 Å². The number of aryl methyl sites for hydroxylation is 1. The Balaban J connectivity index is 3.12. The molecule has 1 aromatic rings. The topological polar surface area (TPSA) is 44.1 Å². The van der Waals surface area contributed by atoms with E-state index in [0.29, 0.717) is 0 Å². The maximum atomic E-state index is 13.1. The maximum Gasteiger partial charge on any atom is 0.425 e. The molecule has 0 aliphatic heterocycles. The zero-order valence-electron chi connectivity index (χ0n) is 9.08. The van der Waals surface area contributed by atoms with Crippen molar-refractivity contribution in [1.82, 2.24) is 9.78 Å². The second-order valence-electron chi connectivity index (χ2n) is 3.23. The highest BCUT2D eigenvalue weighted by Crippen LogP contribution is 2.36. The average Bonchev–Trinajstić information content (AvgIpc) is 2.58. The number of hydrogen-bond acceptors (Lipinski definition) is 3. The SMILES string of the molecule is CCOC(=O)c1cn(C)nc1C(F)C(F)(F)F. The molecule has 1 heterocycles. The molecule has 1 rings (SSSR count). The smallest absolute Gasteiger partial charge is 0.425 e. The number of esters is 1. The van der Waals surface area contributed by atoms with E-state index in [1.165, 1.54) is 14.0 Å². The number of rotatable bonds is 3. The van der Waals surface area contributed by atoms with Crippen LogP contribution in [-0.2, 0) is 11.8 Å². The van der Waals surface area contributed by atoms with Crippen molar-refractivity contribution in [2.24, 2.45) is 7.05 Å². The molecule has 0 fully saturated rings. The van der Waals surface area contributed by atoms with Crippen LogP contribution >= 0.6 is 0 Å². The van der Waals surface area contributed by atoms with Gasteiger partial charge >= 0.3 is 12.1 Å². The highest BCUT2D eigenvalue weighted by atomic mass is 19.4. The summed E-state index contributed by atoms with van der Waals surface area (Å²) in [5.41, 5.74) is -1.49. The summed E-state index contributed by atoms with van der Waals surface area (Å²) in [5.74, 6) is -1.03. The molecule has 0 bridgehead atoms. The molecule has 1 aromatic heterocycles. The van der Waals surface area contributed by atoms with Crippen LogP contribution in [0.2, 0.25) is 0 Å². The van der Waals surface area contributed by atoms with E-state index in [4.69, 9.17) is 0 Å². The summed E-state index contributed by atoms with van der Waals surface area (Å²) in [4.78, 5) is 11.3. The first-order valence-corrected chi connectivity index (χ1v) is 4.68. The van der Waals surface area contributed by atoms with Gasteiger partial charge in [0.2, 0.25) is 6.17 Å². The molecule has 1 unspecified atom stereocenters. The highest BCUT2D eigenvalue weighted by molar-refractivity contribution is 5.90. The number of carbonyl (C=O) groups is 1. The van der Waals surface area contributed by atoms with Crippen LogP contribution < -0.4 is 0 Å². The van der Waals surface area contributed by atoms with Gasteiger partial charge in [-0.2, -0.15) is 18.3 Å². The fourth-order valence-electron chi connectivity index (χ4n) is 1.21. The Kier molecular flexibility index (Phi) is 3.74. The summed E-state index contributed by atoms with van der Waals surface area (Å²) < 4.78 is 55.1. The van der Waals surface area contributed by atoms with Gasteiger partial charge < -0.3 is 4.74 Å². The average molecular weight is 254 g/mol. The summed E-state index contributed by atoms with van der Waals surface area (Å²) >= 11 is 0. The molecule has 0 saturated carbocycles. The lowest BCUT2D eigenvalue weighted by Gasteiger charge is -2.11. The molecule has 0 aliphatic carbocycles. The lowest BCUT2D eigenvalue weighted by atomic mass is 10.1. The molecule has 0 saturated heterocycles. The van der Waals surface area contributed by atoms with Crippen molar-refractivity contribution in [3.05, 3.63) is 17.5 Å². The Morgan fingerprint density at radius 2 is 2.18 bits per heavy atom. The van der Waals surface area contributed by atoms with E-state index in [1.807, 2.05) is 0 Å². The minimum atomic E-state index is -5.10. The first-order chi connectivity index (χ1) is 7.77. The third-order valence-corrected chi connectivity index (χ3v) is 1.88. The van der Waals surface area contributed by atoms with Crippen LogP contribution in [0.4, 0.5) is 17.6 Å².